The lowest BCUT2D eigenvalue weighted by Crippen LogP contribution is -2.30. The van der Waals surface area contributed by atoms with Crippen LogP contribution in [0.3, 0.4) is 0 Å². The van der Waals surface area contributed by atoms with Gasteiger partial charge >= 0.3 is 0 Å². The van der Waals surface area contributed by atoms with Crippen molar-refractivity contribution >= 4 is 62.9 Å². The molecule has 1 atom stereocenters. The summed E-state index contributed by atoms with van der Waals surface area (Å²) in [5, 5.41) is 8.22. The molecule has 4 aromatic rings. The van der Waals surface area contributed by atoms with Gasteiger partial charge in [0.15, 0.2) is 0 Å². The molecule has 10 heteroatoms. The summed E-state index contributed by atoms with van der Waals surface area (Å²) < 4.78 is 11.7. The van der Waals surface area contributed by atoms with Crippen LogP contribution in [0.1, 0.15) is 29.3 Å². The van der Waals surface area contributed by atoms with Crippen LogP contribution in [0.25, 0.3) is 6.08 Å². The molecule has 4 rings (SSSR count). The van der Waals surface area contributed by atoms with Gasteiger partial charge in [0.2, 0.25) is 5.91 Å². The van der Waals surface area contributed by atoms with Crippen LogP contribution < -0.4 is 25.4 Å². The number of amides is 3. The summed E-state index contributed by atoms with van der Waals surface area (Å²) >= 11 is 4.80. The van der Waals surface area contributed by atoms with E-state index in [1.807, 2.05) is 37.3 Å². The molecular formula is C34H32BrN3O5S. The highest BCUT2D eigenvalue weighted by molar-refractivity contribution is 9.10. The predicted octanol–water partition coefficient (Wildman–Crippen LogP) is 7.39. The van der Waals surface area contributed by atoms with Crippen LogP contribution in [-0.4, -0.2) is 37.2 Å². The summed E-state index contributed by atoms with van der Waals surface area (Å²) in [4.78, 5) is 40.4. The van der Waals surface area contributed by atoms with Gasteiger partial charge in [0.05, 0.1) is 19.5 Å². The van der Waals surface area contributed by atoms with E-state index in [0.29, 0.717) is 40.4 Å². The summed E-state index contributed by atoms with van der Waals surface area (Å²) in [5.41, 5.74) is 2.20. The van der Waals surface area contributed by atoms with E-state index in [-0.39, 0.29) is 16.9 Å². The third-order valence-electron chi connectivity index (χ3n) is 6.41. The molecule has 8 nitrogen and oxygen atoms in total. The fraction of sp³-hybridized carbons (Fsp3) is 0.147. The zero-order valence-corrected chi connectivity index (χ0v) is 26.8. The number of benzene rings is 4. The normalized spacial score (nSPS) is 11.7. The molecule has 0 aliphatic heterocycles. The molecule has 0 aliphatic rings. The highest BCUT2D eigenvalue weighted by Gasteiger charge is 2.20. The van der Waals surface area contributed by atoms with Crippen LogP contribution in [0.4, 0.5) is 11.4 Å². The summed E-state index contributed by atoms with van der Waals surface area (Å²) in [7, 11) is 3.06. The van der Waals surface area contributed by atoms with Gasteiger partial charge in [-0.1, -0.05) is 47.1 Å². The number of carbonyl (C=O) groups is 3. The van der Waals surface area contributed by atoms with Crippen LogP contribution in [0.2, 0.25) is 0 Å². The van der Waals surface area contributed by atoms with Crippen molar-refractivity contribution in [1.82, 2.24) is 5.32 Å². The Labute approximate surface area is 269 Å². The zero-order valence-electron chi connectivity index (χ0n) is 24.4. The van der Waals surface area contributed by atoms with Gasteiger partial charge in [0.1, 0.15) is 17.2 Å². The summed E-state index contributed by atoms with van der Waals surface area (Å²) in [6.07, 6.45) is 2.15. The molecule has 44 heavy (non-hydrogen) atoms. The van der Waals surface area contributed by atoms with Crippen molar-refractivity contribution in [3.63, 3.8) is 0 Å². The Kier molecular flexibility index (Phi) is 11.6. The number of anilines is 2. The molecule has 0 aliphatic carbocycles. The van der Waals surface area contributed by atoms with Crippen molar-refractivity contribution in [2.45, 2.75) is 23.5 Å². The third kappa shape index (κ3) is 8.98. The molecule has 0 saturated heterocycles. The maximum atomic E-state index is 13.6. The van der Waals surface area contributed by atoms with Gasteiger partial charge < -0.3 is 25.4 Å². The van der Waals surface area contributed by atoms with Crippen molar-refractivity contribution in [3.05, 3.63) is 118 Å². The summed E-state index contributed by atoms with van der Waals surface area (Å²) in [6, 6.07) is 28.4. The first-order chi connectivity index (χ1) is 21.3. The van der Waals surface area contributed by atoms with Crippen LogP contribution in [0, 0.1) is 0 Å². The van der Waals surface area contributed by atoms with Crippen LogP contribution in [0.15, 0.2) is 112 Å². The van der Waals surface area contributed by atoms with Crippen LogP contribution >= 0.6 is 27.7 Å². The molecule has 3 N–H and O–H groups in total. The maximum Gasteiger partial charge on any atom is 0.272 e. The molecular weight excluding hydrogens is 642 g/mol. The highest BCUT2D eigenvalue weighted by atomic mass is 79.9. The molecule has 4 aromatic carbocycles. The third-order valence-corrected chi connectivity index (χ3v) is 8.30. The lowest BCUT2D eigenvalue weighted by atomic mass is 10.1. The van der Waals surface area contributed by atoms with Crippen molar-refractivity contribution < 1.29 is 23.9 Å². The fourth-order valence-corrected chi connectivity index (χ4v) is 5.40. The molecule has 0 fully saturated rings. The van der Waals surface area contributed by atoms with E-state index in [4.69, 9.17) is 9.47 Å². The maximum absolute atomic E-state index is 13.6. The van der Waals surface area contributed by atoms with E-state index in [1.54, 1.807) is 79.9 Å². The van der Waals surface area contributed by atoms with Crippen molar-refractivity contribution in [2.75, 3.05) is 24.9 Å². The Morgan fingerprint density at radius 2 is 1.59 bits per heavy atom. The number of hydrogen-bond acceptors (Lipinski definition) is 6. The lowest BCUT2D eigenvalue weighted by Gasteiger charge is -2.16. The fourth-order valence-electron chi connectivity index (χ4n) is 4.12. The molecule has 3 amide bonds. The minimum Gasteiger partial charge on any atom is -0.497 e. The van der Waals surface area contributed by atoms with Crippen molar-refractivity contribution in [1.29, 1.82) is 0 Å². The minimum atomic E-state index is -0.533. The molecule has 1 unspecified atom stereocenters. The van der Waals surface area contributed by atoms with Crippen molar-refractivity contribution in [2.24, 2.45) is 0 Å². The lowest BCUT2D eigenvalue weighted by molar-refractivity contribution is -0.116. The second-order valence-corrected chi connectivity index (χ2v) is 11.7. The van der Waals surface area contributed by atoms with Crippen molar-refractivity contribution in [3.8, 4) is 11.5 Å². The number of hydrogen-bond donors (Lipinski definition) is 3. The van der Waals surface area contributed by atoms with Gasteiger partial charge in [-0.2, -0.15) is 0 Å². The number of carbonyl (C=O) groups excluding carboxylic acids is 3. The van der Waals surface area contributed by atoms with Gasteiger partial charge in [-0.25, -0.2) is 0 Å². The van der Waals surface area contributed by atoms with E-state index in [1.165, 1.54) is 18.9 Å². The van der Waals surface area contributed by atoms with Gasteiger partial charge in [-0.05, 0) is 79.2 Å². The zero-order chi connectivity index (χ0) is 31.5. The number of halogens is 1. The second-order valence-electron chi connectivity index (χ2n) is 9.48. The van der Waals surface area contributed by atoms with Crippen LogP contribution in [0.5, 0.6) is 11.5 Å². The second kappa shape index (κ2) is 15.8. The van der Waals surface area contributed by atoms with Gasteiger partial charge in [-0.15, -0.1) is 11.8 Å². The van der Waals surface area contributed by atoms with E-state index < -0.39 is 11.8 Å². The first-order valence-corrected chi connectivity index (χ1v) is 15.4. The Hall–Kier alpha value is -4.54. The molecule has 226 valence electrons. The summed E-state index contributed by atoms with van der Waals surface area (Å²) in [6.45, 7) is 1.95. The van der Waals surface area contributed by atoms with Gasteiger partial charge in [-0.3, -0.25) is 14.4 Å². The number of rotatable bonds is 12. The van der Waals surface area contributed by atoms with E-state index >= 15 is 0 Å². The Morgan fingerprint density at radius 1 is 0.841 bits per heavy atom. The average molecular weight is 675 g/mol. The standard InChI is InChI=1S/C34H32BrN3O5S/c1-4-31(34(41)36-25-16-14-24(35)15-17-25)44-28-12-8-11-26(20-28)37-33(40)29(38-32(39)22-9-6-5-7-10-22)19-23-13-18-27(42-2)21-30(23)43-3/h5-21,31H,4H2,1-3H3,(H,36,41)(H,37,40)(H,38,39)/b29-19+. The number of ether oxygens (including phenoxy) is 2. The molecule has 0 saturated carbocycles. The SMILES string of the molecule is CCC(Sc1cccc(NC(=O)/C(=C\c2ccc(OC)cc2OC)NC(=O)c2ccccc2)c1)C(=O)Nc1ccc(Br)cc1. The largest absolute Gasteiger partial charge is 0.497 e. The average Bonchev–Trinajstić information content (AvgIpc) is 3.04. The van der Waals surface area contributed by atoms with Gasteiger partial charge in [0.25, 0.3) is 11.8 Å². The first-order valence-electron chi connectivity index (χ1n) is 13.7. The van der Waals surface area contributed by atoms with E-state index in [9.17, 15) is 14.4 Å². The number of nitrogens with one attached hydrogen (secondary N) is 3. The quantitative estimate of drug-likeness (QED) is 0.107. The number of methoxy groups -OCH3 is 2. The molecule has 0 spiro atoms. The predicted molar refractivity (Wildman–Crippen MR) is 179 cm³/mol. The van der Waals surface area contributed by atoms with E-state index in [2.05, 4.69) is 31.9 Å². The smallest absolute Gasteiger partial charge is 0.272 e. The van der Waals surface area contributed by atoms with Gasteiger partial charge in [0, 0.05) is 37.9 Å². The topological polar surface area (TPSA) is 106 Å². The van der Waals surface area contributed by atoms with E-state index in [0.717, 1.165) is 9.37 Å². The molecule has 0 bridgehead atoms. The Bertz CT molecular complexity index is 1640. The minimum absolute atomic E-state index is 0.0145. The van der Waals surface area contributed by atoms with Crippen LogP contribution in [-0.2, 0) is 9.59 Å². The molecule has 0 heterocycles. The number of thioether (sulfide) groups is 1. The Balaban J connectivity index is 1.54. The monoisotopic (exact) mass is 673 g/mol. The first kappa shape index (κ1) is 32.4. The highest BCUT2D eigenvalue weighted by Crippen LogP contribution is 2.30. The Morgan fingerprint density at radius 3 is 2.27 bits per heavy atom. The molecule has 0 radical (unpaired) electrons. The molecule has 0 aromatic heterocycles. The summed E-state index contributed by atoms with van der Waals surface area (Å²) in [5.74, 6) is -0.0326.